The fourth-order valence-corrected chi connectivity index (χ4v) is 6.15. The Morgan fingerprint density at radius 3 is 2.74 bits per heavy atom. The first kappa shape index (κ1) is 20.7. The number of aromatic nitrogens is 1. The predicted octanol–water partition coefficient (Wildman–Crippen LogP) is 0.449. The normalized spacial score (nSPS) is 27.8. The van der Waals surface area contributed by atoms with E-state index in [0.717, 1.165) is 44.5 Å². The summed E-state index contributed by atoms with van der Waals surface area (Å²) in [5, 5.41) is 2.94. The number of amides is 3. The number of hydrogen-bond acceptors (Lipinski definition) is 6. The SMILES string of the molecule is CS(=O)(=O)c1ccc(CC2CC3(C2)CN(C(=O)N2CC[C@@H]4OCC(=O)N[C@@H]4C2)C3)nc1. The van der Waals surface area contributed by atoms with Gasteiger partial charge in [0, 0.05) is 49.7 Å². The number of nitrogens with zero attached hydrogens (tertiary/aromatic N) is 3. The minimum atomic E-state index is -3.22. The van der Waals surface area contributed by atoms with E-state index in [0.29, 0.717) is 19.0 Å². The third-order valence-electron chi connectivity index (χ3n) is 7.08. The maximum Gasteiger partial charge on any atom is 0.320 e. The molecule has 3 amide bonds. The lowest BCUT2D eigenvalue weighted by atomic mass is 9.57. The molecule has 0 bridgehead atoms. The smallest absolute Gasteiger partial charge is 0.320 e. The van der Waals surface area contributed by atoms with Gasteiger partial charge >= 0.3 is 6.03 Å². The minimum absolute atomic E-state index is 0.0111. The first-order chi connectivity index (χ1) is 14.7. The molecular formula is C21H28N4O5S. The quantitative estimate of drug-likeness (QED) is 0.719. The number of carbonyl (C=O) groups is 2. The first-order valence-electron chi connectivity index (χ1n) is 10.8. The van der Waals surface area contributed by atoms with E-state index in [9.17, 15) is 18.0 Å². The molecule has 3 aliphatic heterocycles. The number of carbonyl (C=O) groups excluding carboxylic acids is 2. The van der Waals surface area contributed by atoms with Crippen LogP contribution in [0.4, 0.5) is 4.79 Å². The summed E-state index contributed by atoms with van der Waals surface area (Å²) in [6.45, 7) is 2.86. The van der Waals surface area contributed by atoms with Gasteiger partial charge in [-0.25, -0.2) is 13.2 Å². The third kappa shape index (κ3) is 4.03. The zero-order valence-electron chi connectivity index (χ0n) is 17.6. The van der Waals surface area contributed by atoms with Crippen LogP contribution in [0.2, 0.25) is 0 Å². The molecule has 0 radical (unpaired) electrons. The van der Waals surface area contributed by atoms with Gasteiger partial charge in [-0.15, -0.1) is 0 Å². The van der Waals surface area contributed by atoms with Crippen LogP contribution in [0.5, 0.6) is 0 Å². The van der Waals surface area contributed by atoms with Gasteiger partial charge in [0.2, 0.25) is 5.91 Å². The van der Waals surface area contributed by atoms with E-state index in [1.165, 1.54) is 12.5 Å². The molecule has 4 aliphatic rings. The predicted molar refractivity (Wildman–Crippen MR) is 111 cm³/mol. The summed E-state index contributed by atoms with van der Waals surface area (Å²) in [7, 11) is -3.22. The van der Waals surface area contributed by atoms with Crippen molar-refractivity contribution in [3.8, 4) is 0 Å². The second-order valence-corrected chi connectivity index (χ2v) is 11.6. The van der Waals surface area contributed by atoms with Gasteiger partial charge in [0.1, 0.15) is 6.61 Å². The maximum atomic E-state index is 12.9. The van der Waals surface area contributed by atoms with Crippen LogP contribution in [0.1, 0.15) is 25.0 Å². The Morgan fingerprint density at radius 1 is 1.29 bits per heavy atom. The van der Waals surface area contributed by atoms with Gasteiger partial charge in [-0.3, -0.25) is 9.78 Å². The molecule has 2 atom stereocenters. The zero-order valence-corrected chi connectivity index (χ0v) is 18.4. The topological polar surface area (TPSA) is 109 Å². The molecule has 1 aliphatic carbocycles. The van der Waals surface area contributed by atoms with E-state index in [2.05, 4.69) is 10.3 Å². The van der Waals surface area contributed by atoms with Gasteiger partial charge in [-0.05, 0) is 43.7 Å². The minimum Gasteiger partial charge on any atom is -0.366 e. The number of hydrogen-bond donors (Lipinski definition) is 1. The van der Waals surface area contributed by atoms with Gasteiger partial charge in [-0.2, -0.15) is 0 Å². The number of pyridine rings is 1. The Labute approximate surface area is 182 Å². The summed E-state index contributed by atoms with van der Waals surface area (Å²) in [5.74, 6) is 0.415. The molecule has 168 valence electrons. The van der Waals surface area contributed by atoms with Gasteiger partial charge < -0.3 is 19.9 Å². The van der Waals surface area contributed by atoms with E-state index in [1.54, 1.807) is 12.1 Å². The number of fused-ring (bicyclic) bond motifs is 1. The lowest BCUT2D eigenvalue weighted by Gasteiger charge is -2.60. The zero-order chi connectivity index (χ0) is 21.8. The number of nitrogens with one attached hydrogen (secondary N) is 1. The van der Waals surface area contributed by atoms with Crippen LogP contribution in [-0.2, 0) is 25.8 Å². The molecule has 1 aromatic rings. The number of morpholine rings is 1. The van der Waals surface area contributed by atoms with E-state index in [4.69, 9.17) is 4.74 Å². The largest absolute Gasteiger partial charge is 0.366 e. The fraction of sp³-hybridized carbons (Fsp3) is 0.667. The Kier molecular flexibility index (Phi) is 4.97. The van der Waals surface area contributed by atoms with E-state index >= 15 is 0 Å². The molecule has 0 unspecified atom stereocenters. The summed E-state index contributed by atoms with van der Waals surface area (Å²) >= 11 is 0. The lowest BCUT2D eigenvalue weighted by Crippen LogP contribution is -2.68. The highest BCUT2D eigenvalue weighted by Gasteiger charge is 2.54. The molecule has 31 heavy (non-hydrogen) atoms. The molecule has 1 saturated carbocycles. The van der Waals surface area contributed by atoms with Gasteiger partial charge in [0.05, 0.1) is 17.0 Å². The molecule has 4 fully saturated rings. The molecule has 10 heteroatoms. The lowest BCUT2D eigenvalue weighted by molar-refractivity contribution is -0.140. The summed E-state index contributed by atoms with van der Waals surface area (Å²) in [4.78, 5) is 32.8. The van der Waals surface area contributed by atoms with Crippen molar-refractivity contribution in [3.63, 3.8) is 0 Å². The van der Waals surface area contributed by atoms with Gasteiger partial charge in [-0.1, -0.05) is 0 Å². The number of sulfone groups is 1. The van der Waals surface area contributed by atoms with Crippen molar-refractivity contribution < 1.29 is 22.7 Å². The van der Waals surface area contributed by atoms with Crippen LogP contribution in [0.15, 0.2) is 23.2 Å². The number of likely N-dealkylation sites (tertiary alicyclic amines) is 2. The average Bonchev–Trinajstić information content (AvgIpc) is 2.67. The molecule has 1 aromatic heterocycles. The summed E-state index contributed by atoms with van der Waals surface area (Å²) in [6, 6.07) is 3.38. The number of urea groups is 1. The Morgan fingerprint density at radius 2 is 2.06 bits per heavy atom. The van der Waals surface area contributed by atoms with E-state index in [-0.39, 0.29) is 41.0 Å². The second kappa shape index (κ2) is 7.44. The van der Waals surface area contributed by atoms with Gasteiger partial charge in [0.25, 0.3) is 0 Å². The van der Waals surface area contributed by atoms with Crippen LogP contribution in [0.3, 0.4) is 0 Å². The molecule has 9 nitrogen and oxygen atoms in total. The monoisotopic (exact) mass is 448 g/mol. The number of ether oxygens (including phenoxy) is 1. The average molecular weight is 449 g/mol. The Bertz CT molecular complexity index is 982. The van der Waals surface area contributed by atoms with Crippen LogP contribution in [0.25, 0.3) is 0 Å². The second-order valence-electron chi connectivity index (χ2n) is 9.63. The van der Waals surface area contributed by atoms with E-state index < -0.39 is 9.84 Å². The van der Waals surface area contributed by atoms with E-state index in [1.807, 2.05) is 9.80 Å². The van der Waals surface area contributed by atoms with Crippen molar-refractivity contribution in [2.45, 2.75) is 42.7 Å². The van der Waals surface area contributed by atoms with Crippen LogP contribution < -0.4 is 5.32 Å². The molecule has 4 heterocycles. The molecule has 1 spiro atoms. The van der Waals surface area contributed by atoms with Crippen molar-refractivity contribution in [3.05, 3.63) is 24.0 Å². The van der Waals surface area contributed by atoms with Crippen LogP contribution in [0, 0.1) is 11.3 Å². The van der Waals surface area contributed by atoms with Crippen molar-refractivity contribution in [1.82, 2.24) is 20.1 Å². The highest BCUT2D eigenvalue weighted by molar-refractivity contribution is 7.90. The van der Waals surface area contributed by atoms with Crippen LogP contribution in [-0.4, -0.2) is 86.3 Å². The number of rotatable bonds is 3. The maximum absolute atomic E-state index is 12.9. The molecular weight excluding hydrogens is 420 g/mol. The molecule has 5 rings (SSSR count). The summed E-state index contributed by atoms with van der Waals surface area (Å²) in [5.41, 5.74) is 1.15. The summed E-state index contributed by atoms with van der Waals surface area (Å²) < 4.78 is 28.7. The van der Waals surface area contributed by atoms with Crippen molar-refractivity contribution in [2.75, 3.05) is 39.0 Å². The Balaban J connectivity index is 1.09. The van der Waals surface area contributed by atoms with Crippen molar-refractivity contribution in [2.24, 2.45) is 11.3 Å². The first-order valence-corrected chi connectivity index (χ1v) is 12.7. The molecule has 3 saturated heterocycles. The highest BCUT2D eigenvalue weighted by atomic mass is 32.2. The van der Waals surface area contributed by atoms with Gasteiger partial charge in [0.15, 0.2) is 9.84 Å². The fourth-order valence-electron chi connectivity index (χ4n) is 5.59. The molecule has 0 aromatic carbocycles. The third-order valence-corrected chi connectivity index (χ3v) is 8.18. The highest BCUT2D eigenvalue weighted by Crippen LogP contribution is 2.53. The summed E-state index contributed by atoms with van der Waals surface area (Å²) in [6.07, 6.45) is 6.37. The Hall–Kier alpha value is -2.20. The van der Waals surface area contributed by atoms with Crippen molar-refractivity contribution in [1.29, 1.82) is 0 Å². The standard InChI is InChI=1S/C21H28N4O5S/c1-31(28,29)16-3-2-15(22-9-16)6-14-7-21(8-14)12-25(13-21)20(27)24-5-4-18-17(10-24)23-19(26)11-30-18/h2-3,9,14,17-18H,4-8,10-13H2,1H3,(H,23,26)/t17-,18+/m1/s1. The van der Waals surface area contributed by atoms with Crippen LogP contribution >= 0.6 is 0 Å². The van der Waals surface area contributed by atoms with Crippen molar-refractivity contribution >= 4 is 21.8 Å². The number of piperidine rings is 1. The molecule has 1 N–H and O–H groups in total.